The molecular weight excluding hydrogens is 482 g/mol. The first-order chi connectivity index (χ1) is 14.3. The molecule has 2 N–H and O–H groups in total. The van der Waals surface area contributed by atoms with Gasteiger partial charge >= 0.3 is 6.18 Å². The third-order valence-electron chi connectivity index (χ3n) is 3.72. The van der Waals surface area contributed by atoms with Crippen molar-refractivity contribution in [3.05, 3.63) is 63.2 Å². The molecule has 31 heavy (non-hydrogen) atoms. The van der Waals surface area contributed by atoms with E-state index in [1.165, 1.54) is 29.6 Å². The van der Waals surface area contributed by atoms with Crippen molar-refractivity contribution in [3.8, 4) is 11.3 Å². The summed E-state index contributed by atoms with van der Waals surface area (Å²) in [6.45, 7) is 0. The largest absolute Gasteiger partial charge is 0.417 e. The highest BCUT2D eigenvalue weighted by molar-refractivity contribution is 7.92. The van der Waals surface area contributed by atoms with E-state index in [0.29, 0.717) is 12.3 Å². The minimum absolute atomic E-state index is 0.119. The van der Waals surface area contributed by atoms with Crippen molar-refractivity contribution in [2.75, 3.05) is 16.3 Å². The molecule has 0 bridgehead atoms. The number of thiophene rings is 1. The van der Waals surface area contributed by atoms with Gasteiger partial charge in [-0.1, -0.05) is 11.6 Å². The van der Waals surface area contributed by atoms with Crippen molar-refractivity contribution in [1.82, 2.24) is 4.98 Å². The number of hydrogen-bond acceptors (Lipinski definition) is 5. The van der Waals surface area contributed by atoms with Gasteiger partial charge in [0.1, 0.15) is 11.5 Å². The van der Waals surface area contributed by atoms with Crippen molar-refractivity contribution < 1.29 is 30.8 Å². The molecule has 0 aliphatic carbocycles. The zero-order chi connectivity index (χ0) is 23.0. The fourth-order valence-electron chi connectivity index (χ4n) is 2.51. The van der Waals surface area contributed by atoms with Gasteiger partial charge in [0.05, 0.1) is 22.4 Å². The third-order valence-corrected chi connectivity index (χ3v) is 5.48. The number of aromatic nitrogens is 1. The SMILES string of the molecule is CS(=O)(=O)Nc1cc(Cl)cc(NC(=O)c2cc(-c3ncc(C(F)(F)F)cc3F)cs2)c1. The van der Waals surface area contributed by atoms with E-state index in [1.807, 2.05) is 0 Å². The average molecular weight is 494 g/mol. The Hall–Kier alpha value is -2.70. The second-order valence-electron chi connectivity index (χ2n) is 6.31. The molecular formula is C18H12ClF4N3O3S2. The number of halogens is 5. The first-order valence-electron chi connectivity index (χ1n) is 8.23. The molecule has 0 radical (unpaired) electrons. The number of amides is 1. The van der Waals surface area contributed by atoms with E-state index in [1.54, 1.807) is 0 Å². The molecule has 164 valence electrons. The molecule has 0 saturated heterocycles. The number of alkyl halides is 3. The monoisotopic (exact) mass is 493 g/mol. The predicted octanol–water partition coefficient (Wildman–Crippen LogP) is 5.25. The average Bonchev–Trinajstić information content (AvgIpc) is 3.08. The highest BCUT2D eigenvalue weighted by atomic mass is 35.5. The van der Waals surface area contributed by atoms with Crippen LogP contribution in [0.3, 0.4) is 0 Å². The standard InChI is InChI=1S/C18H12ClF4N3O3S2/c1-31(28,29)26-13-5-11(19)4-12(6-13)25-17(27)15-2-9(8-30-15)16-14(20)3-10(7-24-16)18(21,22)23/h2-8,26H,1H3,(H,25,27). The summed E-state index contributed by atoms with van der Waals surface area (Å²) >= 11 is 6.86. The summed E-state index contributed by atoms with van der Waals surface area (Å²) in [5.74, 6) is -1.79. The highest BCUT2D eigenvalue weighted by Crippen LogP contribution is 2.33. The number of hydrogen-bond donors (Lipinski definition) is 2. The van der Waals surface area contributed by atoms with Crippen molar-refractivity contribution in [2.45, 2.75) is 6.18 Å². The van der Waals surface area contributed by atoms with Crippen molar-refractivity contribution >= 4 is 50.2 Å². The van der Waals surface area contributed by atoms with Crippen molar-refractivity contribution in [3.63, 3.8) is 0 Å². The molecule has 3 rings (SSSR count). The quantitative estimate of drug-likeness (QED) is 0.475. The van der Waals surface area contributed by atoms with Gasteiger partial charge in [0, 0.05) is 27.9 Å². The summed E-state index contributed by atoms with van der Waals surface area (Å²) in [5, 5.41) is 4.06. The van der Waals surface area contributed by atoms with Crippen LogP contribution in [0.5, 0.6) is 0 Å². The Kier molecular flexibility index (Phi) is 6.25. The van der Waals surface area contributed by atoms with Gasteiger partial charge in [-0.15, -0.1) is 11.3 Å². The molecule has 1 amide bonds. The van der Waals surface area contributed by atoms with E-state index >= 15 is 0 Å². The predicted molar refractivity (Wildman–Crippen MR) is 110 cm³/mol. The minimum atomic E-state index is -4.73. The van der Waals surface area contributed by atoms with Gasteiger partial charge in [0.2, 0.25) is 10.0 Å². The van der Waals surface area contributed by atoms with Gasteiger partial charge in [-0.05, 0) is 30.3 Å². The van der Waals surface area contributed by atoms with E-state index in [0.717, 1.165) is 17.6 Å². The molecule has 1 aromatic carbocycles. The van der Waals surface area contributed by atoms with Crippen LogP contribution in [0.15, 0.2) is 41.9 Å². The van der Waals surface area contributed by atoms with Crippen LogP contribution in [0.4, 0.5) is 28.9 Å². The van der Waals surface area contributed by atoms with E-state index in [4.69, 9.17) is 11.6 Å². The van der Waals surface area contributed by atoms with Crippen LogP contribution in [0.2, 0.25) is 5.02 Å². The molecule has 0 saturated carbocycles. The molecule has 0 spiro atoms. The number of nitrogens with one attached hydrogen (secondary N) is 2. The van der Waals surface area contributed by atoms with E-state index in [9.17, 15) is 30.8 Å². The molecule has 2 aromatic heterocycles. The fourth-order valence-corrected chi connectivity index (χ4v) is 4.08. The van der Waals surface area contributed by atoms with E-state index in [2.05, 4.69) is 15.0 Å². The second kappa shape index (κ2) is 8.44. The summed E-state index contributed by atoms with van der Waals surface area (Å²) in [5.41, 5.74) is -1.09. The summed E-state index contributed by atoms with van der Waals surface area (Å²) in [6, 6.07) is 5.69. The van der Waals surface area contributed by atoms with E-state index in [-0.39, 0.29) is 32.5 Å². The second-order valence-corrected chi connectivity index (χ2v) is 9.40. The zero-order valence-electron chi connectivity index (χ0n) is 15.4. The number of benzene rings is 1. The van der Waals surface area contributed by atoms with Gasteiger partial charge in [-0.25, -0.2) is 12.8 Å². The maximum Gasteiger partial charge on any atom is 0.417 e. The molecule has 0 unspecified atom stereocenters. The Bertz CT molecular complexity index is 1260. The Morgan fingerprint density at radius 1 is 1.13 bits per heavy atom. The number of sulfonamides is 1. The molecule has 0 aliphatic heterocycles. The molecule has 3 aromatic rings. The summed E-state index contributed by atoms with van der Waals surface area (Å²) < 4.78 is 77.1. The topological polar surface area (TPSA) is 88.2 Å². The van der Waals surface area contributed by atoms with E-state index < -0.39 is 33.5 Å². The third kappa shape index (κ3) is 5.93. The van der Waals surface area contributed by atoms with Crippen LogP contribution in [-0.2, 0) is 16.2 Å². The summed E-state index contributed by atoms with van der Waals surface area (Å²) in [4.78, 5) is 16.1. The van der Waals surface area contributed by atoms with Crippen LogP contribution in [0.25, 0.3) is 11.3 Å². The lowest BCUT2D eigenvalue weighted by atomic mass is 10.1. The Morgan fingerprint density at radius 3 is 2.42 bits per heavy atom. The van der Waals surface area contributed by atoms with Gasteiger partial charge in [0.15, 0.2) is 0 Å². The van der Waals surface area contributed by atoms with Crippen LogP contribution in [0.1, 0.15) is 15.2 Å². The van der Waals surface area contributed by atoms with Crippen LogP contribution in [0, 0.1) is 5.82 Å². The normalized spacial score (nSPS) is 11.9. The van der Waals surface area contributed by atoms with Crippen LogP contribution < -0.4 is 10.0 Å². The number of rotatable bonds is 5. The maximum absolute atomic E-state index is 14.1. The highest BCUT2D eigenvalue weighted by Gasteiger charge is 2.32. The molecule has 6 nitrogen and oxygen atoms in total. The molecule has 0 fully saturated rings. The lowest BCUT2D eigenvalue weighted by Gasteiger charge is -2.09. The number of carbonyl (C=O) groups excluding carboxylic acids is 1. The van der Waals surface area contributed by atoms with Gasteiger partial charge in [-0.3, -0.25) is 14.5 Å². The first-order valence-corrected chi connectivity index (χ1v) is 11.4. The fraction of sp³-hybridized carbons (Fsp3) is 0.111. The van der Waals surface area contributed by atoms with Gasteiger partial charge < -0.3 is 5.32 Å². The zero-order valence-corrected chi connectivity index (χ0v) is 17.8. The Labute approximate surface area is 182 Å². The number of pyridine rings is 1. The Balaban J connectivity index is 1.81. The van der Waals surface area contributed by atoms with Crippen LogP contribution in [-0.4, -0.2) is 25.6 Å². The number of nitrogens with zero attached hydrogens (tertiary/aromatic N) is 1. The Morgan fingerprint density at radius 2 is 1.81 bits per heavy atom. The summed E-state index contributed by atoms with van der Waals surface area (Å²) in [7, 11) is -3.57. The lowest BCUT2D eigenvalue weighted by molar-refractivity contribution is -0.138. The molecule has 0 aliphatic rings. The van der Waals surface area contributed by atoms with Gasteiger partial charge in [0.25, 0.3) is 5.91 Å². The van der Waals surface area contributed by atoms with Gasteiger partial charge in [-0.2, -0.15) is 13.2 Å². The molecule has 2 heterocycles. The number of anilines is 2. The van der Waals surface area contributed by atoms with Crippen molar-refractivity contribution in [1.29, 1.82) is 0 Å². The minimum Gasteiger partial charge on any atom is -0.321 e. The van der Waals surface area contributed by atoms with Crippen molar-refractivity contribution in [2.24, 2.45) is 0 Å². The number of carbonyl (C=O) groups is 1. The lowest BCUT2D eigenvalue weighted by Crippen LogP contribution is -2.12. The maximum atomic E-state index is 14.1. The molecule has 0 atom stereocenters. The first kappa shape index (κ1) is 23.0. The van der Waals surface area contributed by atoms with Crippen LogP contribution >= 0.6 is 22.9 Å². The summed E-state index contributed by atoms with van der Waals surface area (Å²) in [6.07, 6.45) is -3.26. The smallest absolute Gasteiger partial charge is 0.321 e. The molecule has 13 heteroatoms.